The van der Waals surface area contributed by atoms with Crippen molar-refractivity contribution < 1.29 is 4.79 Å². The minimum absolute atomic E-state index is 0.222. The number of aromatic nitrogens is 2. The highest BCUT2D eigenvalue weighted by atomic mass is 16.2. The molecule has 0 bridgehead atoms. The number of nitrogens with zero attached hydrogens (tertiary/aromatic N) is 3. The van der Waals surface area contributed by atoms with Gasteiger partial charge in [-0.25, -0.2) is 0 Å². The summed E-state index contributed by atoms with van der Waals surface area (Å²) >= 11 is 0. The van der Waals surface area contributed by atoms with Crippen molar-refractivity contribution in [3.8, 4) is 0 Å². The molecule has 0 radical (unpaired) electrons. The molecular weight excluding hydrogens is 322 g/mol. The van der Waals surface area contributed by atoms with Crippen molar-refractivity contribution in [2.45, 2.75) is 72.9 Å². The summed E-state index contributed by atoms with van der Waals surface area (Å²) in [7, 11) is 0. The van der Waals surface area contributed by atoms with Gasteiger partial charge >= 0.3 is 0 Å². The lowest BCUT2D eigenvalue weighted by atomic mass is 9.95. The normalized spacial score (nSPS) is 16.8. The van der Waals surface area contributed by atoms with Gasteiger partial charge in [-0.3, -0.25) is 9.48 Å². The van der Waals surface area contributed by atoms with Crippen LogP contribution < -0.4 is 4.90 Å². The number of hydrogen-bond donors (Lipinski definition) is 0. The molecule has 1 amide bonds. The van der Waals surface area contributed by atoms with Crippen LogP contribution in [-0.2, 0) is 24.2 Å². The van der Waals surface area contributed by atoms with Gasteiger partial charge < -0.3 is 4.90 Å². The lowest BCUT2D eigenvalue weighted by Crippen LogP contribution is -2.42. The molecule has 1 atom stereocenters. The maximum atomic E-state index is 13.1. The number of para-hydroxylation sites is 1. The number of benzene rings is 1. The van der Waals surface area contributed by atoms with Gasteiger partial charge in [0.15, 0.2) is 0 Å². The highest BCUT2D eigenvalue weighted by Gasteiger charge is 2.28. The van der Waals surface area contributed by atoms with Crippen molar-refractivity contribution in [1.29, 1.82) is 0 Å². The van der Waals surface area contributed by atoms with Gasteiger partial charge in [0.25, 0.3) is 0 Å². The first kappa shape index (κ1) is 18.7. The molecule has 2 aromatic rings. The number of hydrogen-bond acceptors (Lipinski definition) is 2. The van der Waals surface area contributed by atoms with Crippen molar-refractivity contribution >= 4 is 11.6 Å². The lowest BCUT2D eigenvalue weighted by molar-refractivity contribution is -0.119. The summed E-state index contributed by atoms with van der Waals surface area (Å²) in [5.41, 5.74) is 5.88. The zero-order valence-corrected chi connectivity index (χ0v) is 16.7. The van der Waals surface area contributed by atoms with E-state index < -0.39 is 0 Å². The molecule has 0 fully saturated rings. The summed E-state index contributed by atoms with van der Waals surface area (Å²) in [5.74, 6) is 0.785. The molecule has 140 valence electrons. The molecule has 1 aromatic heterocycles. The molecule has 2 heterocycles. The Kier molecular flexibility index (Phi) is 5.49. The van der Waals surface area contributed by atoms with E-state index in [4.69, 9.17) is 0 Å². The van der Waals surface area contributed by atoms with Gasteiger partial charge in [0, 0.05) is 30.4 Å². The lowest BCUT2D eigenvalue weighted by Gasteiger charge is -2.35. The van der Waals surface area contributed by atoms with Crippen molar-refractivity contribution in [3.63, 3.8) is 0 Å². The molecule has 0 saturated carbocycles. The van der Waals surface area contributed by atoms with E-state index in [1.54, 1.807) is 0 Å². The Hall–Kier alpha value is -2.10. The molecule has 3 rings (SSSR count). The largest absolute Gasteiger partial charge is 0.309 e. The van der Waals surface area contributed by atoms with Crippen LogP contribution in [0.3, 0.4) is 0 Å². The van der Waals surface area contributed by atoms with E-state index in [0.29, 0.717) is 12.3 Å². The number of amides is 1. The van der Waals surface area contributed by atoms with E-state index >= 15 is 0 Å². The Bertz CT molecular complexity index is 791. The van der Waals surface area contributed by atoms with Crippen molar-refractivity contribution in [3.05, 3.63) is 46.8 Å². The number of fused-ring (bicyclic) bond motifs is 1. The van der Waals surface area contributed by atoms with Gasteiger partial charge in [-0.05, 0) is 63.1 Å². The number of rotatable bonds is 5. The Morgan fingerprint density at radius 3 is 2.73 bits per heavy atom. The molecule has 1 aliphatic rings. The van der Waals surface area contributed by atoms with Crippen LogP contribution in [0.2, 0.25) is 0 Å². The van der Waals surface area contributed by atoms with Crippen LogP contribution in [-0.4, -0.2) is 21.7 Å². The summed E-state index contributed by atoms with van der Waals surface area (Å²) in [6.45, 7) is 11.7. The number of anilines is 1. The smallest absolute Gasteiger partial charge is 0.227 e. The SMILES string of the molecule is Cc1nn(CC(C)C)c(C)c1CCC(=O)N1c2ccccc2CCC1C. The number of carbonyl (C=O) groups excluding carboxylic acids is 1. The van der Waals surface area contributed by atoms with Crippen LogP contribution >= 0.6 is 0 Å². The molecule has 4 nitrogen and oxygen atoms in total. The van der Waals surface area contributed by atoms with E-state index in [2.05, 4.69) is 62.6 Å². The van der Waals surface area contributed by atoms with Gasteiger partial charge in [-0.15, -0.1) is 0 Å². The molecule has 0 N–H and O–H groups in total. The highest BCUT2D eigenvalue weighted by Crippen LogP contribution is 2.31. The predicted octanol–water partition coefficient (Wildman–Crippen LogP) is 4.46. The van der Waals surface area contributed by atoms with Crippen LogP contribution in [0.4, 0.5) is 5.69 Å². The first-order valence-electron chi connectivity index (χ1n) is 9.81. The van der Waals surface area contributed by atoms with Crippen LogP contribution in [0.5, 0.6) is 0 Å². The second-order valence-corrected chi connectivity index (χ2v) is 8.01. The predicted molar refractivity (Wildman–Crippen MR) is 107 cm³/mol. The zero-order chi connectivity index (χ0) is 18.8. The van der Waals surface area contributed by atoms with E-state index in [9.17, 15) is 4.79 Å². The Labute approximate surface area is 157 Å². The van der Waals surface area contributed by atoms with Gasteiger partial charge in [-0.1, -0.05) is 32.0 Å². The number of aryl methyl sites for hydroxylation is 2. The zero-order valence-electron chi connectivity index (χ0n) is 16.7. The Morgan fingerprint density at radius 1 is 1.27 bits per heavy atom. The third-order valence-electron chi connectivity index (χ3n) is 5.45. The minimum atomic E-state index is 0.222. The highest BCUT2D eigenvalue weighted by molar-refractivity contribution is 5.95. The molecular formula is C22H31N3O. The first-order valence-corrected chi connectivity index (χ1v) is 9.81. The minimum Gasteiger partial charge on any atom is -0.309 e. The molecule has 1 unspecified atom stereocenters. The van der Waals surface area contributed by atoms with Crippen LogP contribution in [0, 0.1) is 19.8 Å². The van der Waals surface area contributed by atoms with Crippen molar-refractivity contribution in [2.75, 3.05) is 4.90 Å². The van der Waals surface area contributed by atoms with Crippen LogP contribution in [0.15, 0.2) is 24.3 Å². The second kappa shape index (κ2) is 7.65. The standard InChI is InChI=1S/C22H31N3O/c1-15(2)14-24-18(5)20(17(4)23-24)12-13-22(26)25-16(3)10-11-19-8-6-7-9-21(19)25/h6-9,15-16H,10-14H2,1-5H3. The first-order chi connectivity index (χ1) is 12.4. The second-order valence-electron chi connectivity index (χ2n) is 8.01. The molecule has 1 aliphatic heterocycles. The average molecular weight is 354 g/mol. The summed E-state index contributed by atoms with van der Waals surface area (Å²) in [4.78, 5) is 15.1. The van der Waals surface area contributed by atoms with Gasteiger partial charge in [-0.2, -0.15) is 5.10 Å². The monoisotopic (exact) mass is 353 g/mol. The molecule has 26 heavy (non-hydrogen) atoms. The maximum Gasteiger partial charge on any atom is 0.227 e. The Balaban J connectivity index is 1.75. The van der Waals surface area contributed by atoms with Gasteiger partial charge in [0.1, 0.15) is 0 Å². The number of carbonyl (C=O) groups is 1. The van der Waals surface area contributed by atoms with Crippen molar-refractivity contribution in [2.24, 2.45) is 5.92 Å². The van der Waals surface area contributed by atoms with Gasteiger partial charge in [0.05, 0.1) is 5.69 Å². The summed E-state index contributed by atoms with van der Waals surface area (Å²) in [6, 6.07) is 8.59. The van der Waals surface area contributed by atoms with E-state index in [0.717, 1.165) is 37.2 Å². The van der Waals surface area contributed by atoms with E-state index in [1.807, 2.05) is 11.0 Å². The van der Waals surface area contributed by atoms with Crippen LogP contribution in [0.25, 0.3) is 0 Å². The van der Waals surface area contributed by atoms with Crippen molar-refractivity contribution in [1.82, 2.24) is 9.78 Å². The molecule has 0 spiro atoms. The quantitative estimate of drug-likeness (QED) is 0.796. The fourth-order valence-corrected chi connectivity index (χ4v) is 4.04. The van der Waals surface area contributed by atoms with E-state index in [-0.39, 0.29) is 11.9 Å². The fraction of sp³-hybridized carbons (Fsp3) is 0.545. The summed E-state index contributed by atoms with van der Waals surface area (Å²) < 4.78 is 2.10. The van der Waals surface area contributed by atoms with Gasteiger partial charge in [0.2, 0.25) is 5.91 Å². The molecule has 1 aromatic carbocycles. The van der Waals surface area contributed by atoms with Crippen LogP contribution in [0.1, 0.15) is 56.1 Å². The maximum absolute atomic E-state index is 13.1. The topological polar surface area (TPSA) is 38.1 Å². The fourth-order valence-electron chi connectivity index (χ4n) is 4.04. The summed E-state index contributed by atoms with van der Waals surface area (Å²) in [6.07, 6.45) is 3.39. The molecule has 0 saturated heterocycles. The Morgan fingerprint density at radius 2 is 2.00 bits per heavy atom. The average Bonchev–Trinajstić information content (AvgIpc) is 2.85. The molecule has 0 aliphatic carbocycles. The summed E-state index contributed by atoms with van der Waals surface area (Å²) in [5, 5.41) is 4.68. The third-order valence-corrected chi connectivity index (χ3v) is 5.45. The third kappa shape index (κ3) is 3.69. The van der Waals surface area contributed by atoms with E-state index in [1.165, 1.54) is 16.8 Å². The molecule has 4 heteroatoms.